The highest BCUT2D eigenvalue weighted by atomic mass is 16.3. The van der Waals surface area contributed by atoms with E-state index in [9.17, 15) is 14.7 Å². The molecular weight excluding hydrogens is 302 g/mol. The highest BCUT2D eigenvalue weighted by Gasteiger charge is 2.31. The molecule has 0 spiro atoms. The van der Waals surface area contributed by atoms with E-state index in [1.165, 1.54) is 16.7 Å². The van der Waals surface area contributed by atoms with E-state index in [-0.39, 0.29) is 5.57 Å². The van der Waals surface area contributed by atoms with E-state index >= 15 is 0 Å². The maximum atomic E-state index is 11.8. The lowest BCUT2D eigenvalue weighted by Crippen LogP contribution is -2.22. The molecule has 0 aromatic heterocycles. The van der Waals surface area contributed by atoms with Crippen molar-refractivity contribution < 1.29 is 14.7 Å². The van der Waals surface area contributed by atoms with E-state index < -0.39 is 17.6 Å². The van der Waals surface area contributed by atoms with Gasteiger partial charge in [-0.1, -0.05) is 48.5 Å². The third kappa shape index (κ3) is 2.31. The van der Waals surface area contributed by atoms with Crippen LogP contribution in [0, 0.1) is 0 Å². The third-order valence-corrected chi connectivity index (χ3v) is 4.88. The lowest BCUT2D eigenvalue weighted by atomic mass is 9.79. The molecule has 1 aliphatic carbocycles. The van der Waals surface area contributed by atoms with Crippen molar-refractivity contribution >= 4 is 17.4 Å². The predicted molar refractivity (Wildman–Crippen MR) is 90.4 cm³/mol. The Morgan fingerprint density at radius 3 is 2.42 bits per heavy atom. The second kappa shape index (κ2) is 5.64. The molecule has 4 heteroatoms. The van der Waals surface area contributed by atoms with Crippen LogP contribution < -0.4 is 5.32 Å². The number of hydrogen-bond acceptors (Lipinski definition) is 3. The number of nitrogens with one attached hydrogen (secondary N) is 1. The molecule has 0 saturated heterocycles. The standard InChI is InChI=1S/C20H17NO3/c22-18-17(19(23)21-20(18)24)14-10-8-13(9-11-14)16-7-3-5-12-4-1-2-6-15(12)16/h1-2,4,6,8-11,16H,3,5,7H2,(H2,21,22,23,24)/t16-/m1/s1. The van der Waals surface area contributed by atoms with Gasteiger partial charge in [0.1, 0.15) is 0 Å². The van der Waals surface area contributed by atoms with Gasteiger partial charge in [0.25, 0.3) is 11.8 Å². The van der Waals surface area contributed by atoms with Crippen molar-refractivity contribution in [1.29, 1.82) is 0 Å². The summed E-state index contributed by atoms with van der Waals surface area (Å²) in [5.41, 5.74) is 4.57. The second-order valence-electron chi connectivity index (χ2n) is 6.27. The van der Waals surface area contributed by atoms with Crippen LogP contribution in [0.5, 0.6) is 0 Å². The number of rotatable bonds is 2. The number of benzene rings is 2. The maximum absolute atomic E-state index is 11.8. The largest absolute Gasteiger partial charge is 0.502 e. The molecule has 0 saturated carbocycles. The fourth-order valence-corrected chi connectivity index (χ4v) is 3.70. The number of fused-ring (bicyclic) bond motifs is 1. The molecular formula is C20H17NO3. The van der Waals surface area contributed by atoms with Gasteiger partial charge in [0.05, 0.1) is 5.57 Å². The van der Waals surface area contributed by atoms with E-state index in [1.807, 2.05) is 12.1 Å². The van der Waals surface area contributed by atoms with Crippen LogP contribution >= 0.6 is 0 Å². The molecule has 2 aromatic carbocycles. The Labute approximate surface area is 139 Å². The van der Waals surface area contributed by atoms with E-state index in [0.29, 0.717) is 11.5 Å². The number of aliphatic hydroxyl groups excluding tert-OH is 1. The highest BCUT2D eigenvalue weighted by molar-refractivity contribution is 6.35. The summed E-state index contributed by atoms with van der Waals surface area (Å²) in [6, 6.07) is 16.1. The number of aliphatic hydroxyl groups is 1. The van der Waals surface area contributed by atoms with Crippen molar-refractivity contribution in [2.24, 2.45) is 0 Å². The summed E-state index contributed by atoms with van der Waals surface area (Å²) in [4.78, 5) is 23.2. The van der Waals surface area contributed by atoms with Gasteiger partial charge in [-0.3, -0.25) is 14.9 Å². The smallest absolute Gasteiger partial charge is 0.293 e. The monoisotopic (exact) mass is 319 g/mol. The highest BCUT2D eigenvalue weighted by Crippen LogP contribution is 2.37. The molecule has 1 atom stereocenters. The molecule has 2 amide bonds. The minimum Gasteiger partial charge on any atom is -0.502 e. The van der Waals surface area contributed by atoms with Gasteiger partial charge in [-0.15, -0.1) is 0 Å². The second-order valence-corrected chi connectivity index (χ2v) is 6.27. The summed E-state index contributed by atoms with van der Waals surface area (Å²) in [7, 11) is 0. The molecule has 0 fully saturated rings. The van der Waals surface area contributed by atoms with Crippen LogP contribution in [-0.4, -0.2) is 16.9 Å². The Bertz CT molecular complexity index is 865. The Balaban J connectivity index is 1.69. The molecule has 1 heterocycles. The zero-order valence-electron chi connectivity index (χ0n) is 13.1. The molecule has 0 bridgehead atoms. The summed E-state index contributed by atoms with van der Waals surface area (Å²) in [6.45, 7) is 0. The number of carbonyl (C=O) groups excluding carboxylic acids is 2. The van der Waals surface area contributed by atoms with Gasteiger partial charge in [0, 0.05) is 5.92 Å². The van der Waals surface area contributed by atoms with Crippen molar-refractivity contribution in [3.63, 3.8) is 0 Å². The molecule has 2 aliphatic rings. The molecule has 24 heavy (non-hydrogen) atoms. The number of carbonyl (C=O) groups is 2. The Kier molecular flexibility index (Phi) is 3.45. The Morgan fingerprint density at radius 2 is 1.71 bits per heavy atom. The average Bonchev–Trinajstić information content (AvgIpc) is 2.87. The third-order valence-electron chi connectivity index (χ3n) is 4.88. The minimum atomic E-state index is -0.736. The first kappa shape index (κ1) is 14.7. The van der Waals surface area contributed by atoms with Gasteiger partial charge in [0.2, 0.25) is 0 Å². The van der Waals surface area contributed by atoms with E-state index in [1.54, 1.807) is 12.1 Å². The number of aryl methyl sites for hydroxylation is 1. The van der Waals surface area contributed by atoms with E-state index in [4.69, 9.17) is 0 Å². The molecule has 0 radical (unpaired) electrons. The van der Waals surface area contributed by atoms with Crippen LogP contribution in [0.2, 0.25) is 0 Å². The van der Waals surface area contributed by atoms with Crippen LogP contribution in [0.3, 0.4) is 0 Å². The van der Waals surface area contributed by atoms with Gasteiger partial charge in [0.15, 0.2) is 5.76 Å². The van der Waals surface area contributed by atoms with Gasteiger partial charge in [-0.05, 0) is 41.5 Å². The van der Waals surface area contributed by atoms with E-state index in [0.717, 1.165) is 19.3 Å². The maximum Gasteiger partial charge on any atom is 0.293 e. The summed E-state index contributed by atoms with van der Waals surface area (Å²) < 4.78 is 0. The number of hydrogen-bond donors (Lipinski definition) is 2. The first-order valence-corrected chi connectivity index (χ1v) is 8.12. The number of imide groups is 1. The first-order chi connectivity index (χ1) is 11.6. The van der Waals surface area contributed by atoms with Gasteiger partial charge in [-0.25, -0.2) is 0 Å². The quantitative estimate of drug-likeness (QED) is 0.836. The minimum absolute atomic E-state index is 0.0515. The summed E-state index contributed by atoms with van der Waals surface area (Å²) in [6.07, 6.45) is 3.38. The van der Waals surface area contributed by atoms with Gasteiger partial charge >= 0.3 is 0 Å². The normalized spacial score (nSPS) is 20.1. The molecule has 4 rings (SSSR count). The fourth-order valence-electron chi connectivity index (χ4n) is 3.70. The lowest BCUT2D eigenvalue weighted by molar-refractivity contribution is -0.124. The SMILES string of the molecule is O=C1NC(=O)C(c2ccc([C@H]3CCCc4ccccc43)cc2)=C1O. The predicted octanol–water partition coefficient (Wildman–Crippen LogP) is 3.08. The molecule has 0 unspecified atom stereocenters. The van der Waals surface area contributed by atoms with Crippen molar-refractivity contribution in [1.82, 2.24) is 5.32 Å². The van der Waals surface area contributed by atoms with Crippen molar-refractivity contribution in [3.8, 4) is 0 Å². The van der Waals surface area contributed by atoms with Crippen LogP contribution in [0.25, 0.3) is 5.57 Å². The van der Waals surface area contributed by atoms with Crippen molar-refractivity contribution in [2.75, 3.05) is 0 Å². The van der Waals surface area contributed by atoms with Gasteiger partial charge < -0.3 is 5.11 Å². The zero-order valence-corrected chi connectivity index (χ0v) is 13.1. The van der Waals surface area contributed by atoms with Crippen molar-refractivity contribution in [2.45, 2.75) is 25.2 Å². The van der Waals surface area contributed by atoms with Crippen molar-refractivity contribution in [3.05, 3.63) is 76.5 Å². The van der Waals surface area contributed by atoms with E-state index in [2.05, 4.69) is 29.6 Å². The first-order valence-electron chi connectivity index (χ1n) is 8.12. The molecule has 120 valence electrons. The summed E-state index contributed by atoms with van der Waals surface area (Å²) >= 11 is 0. The van der Waals surface area contributed by atoms with Crippen LogP contribution in [0.1, 0.15) is 41.0 Å². The average molecular weight is 319 g/mol. The Hall–Kier alpha value is -2.88. The summed E-state index contributed by atoms with van der Waals surface area (Å²) in [5.74, 6) is -1.44. The topological polar surface area (TPSA) is 66.4 Å². The fraction of sp³-hybridized carbons (Fsp3) is 0.200. The lowest BCUT2D eigenvalue weighted by Gasteiger charge is -2.26. The summed E-state index contributed by atoms with van der Waals surface area (Å²) in [5, 5.41) is 11.9. The molecule has 4 nitrogen and oxygen atoms in total. The molecule has 2 N–H and O–H groups in total. The molecule has 2 aromatic rings. The van der Waals surface area contributed by atoms with Crippen LogP contribution in [0.15, 0.2) is 54.3 Å². The molecule has 1 aliphatic heterocycles. The number of amides is 2. The van der Waals surface area contributed by atoms with Crippen LogP contribution in [-0.2, 0) is 16.0 Å². The Morgan fingerprint density at radius 1 is 0.958 bits per heavy atom. The van der Waals surface area contributed by atoms with Gasteiger partial charge in [-0.2, -0.15) is 0 Å². The van der Waals surface area contributed by atoms with Crippen LogP contribution in [0.4, 0.5) is 0 Å². The zero-order chi connectivity index (χ0) is 16.7.